The average molecular weight is 267 g/mol. The van der Waals surface area contributed by atoms with Crippen LogP contribution in [-0.2, 0) is 4.74 Å². The SMILES string of the molecule is CCSCCCC1COCCC1Br. The predicted molar refractivity (Wildman–Crippen MR) is 63.9 cm³/mol. The molecule has 0 aromatic carbocycles. The second-order valence-corrected chi connectivity index (χ2v) is 6.05. The zero-order valence-electron chi connectivity index (χ0n) is 8.30. The molecule has 0 spiro atoms. The molecular formula is C10H19BrOS. The monoisotopic (exact) mass is 266 g/mol. The Balaban J connectivity index is 2.05. The third-order valence-corrected chi connectivity index (χ3v) is 4.64. The number of alkyl halides is 1. The van der Waals surface area contributed by atoms with E-state index in [4.69, 9.17) is 4.74 Å². The summed E-state index contributed by atoms with van der Waals surface area (Å²) in [6.45, 7) is 4.13. The van der Waals surface area contributed by atoms with Gasteiger partial charge >= 0.3 is 0 Å². The Labute approximate surface area is 94.1 Å². The van der Waals surface area contributed by atoms with E-state index in [0.29, 0.717) is 4.83 Å². The number of hydrogen-bond acceptors (Lipinski definition) is 2. The van der Waals surface area contributed by atoms with Gasteiger partial charge in [0.25, 0.3) is 0 Å². The maximum absolute atomic E-state index is 5.47. The lowest BCUT2D eigenvalue weighted by Gasteiger charge is -2.27. The van der Waals surface area contributed by atoms with Gasteiger partial charge in [-0.25, -0.2) is 0 Å². The quantitative estimate of drug-likeness (QED) is 0.558. The molecule has 0 radical (unpaired) electrons. The second kappa shape index (κ2) is 7.13. The minimum absolute atomic E-state index is 0.702. The van der Waals surface area contributed by atoms with Crippen molar-refractivity contribution in [3.8, 4) is 0 Å². The highest BCUT2D eigenvalue weighted by Gasteiger charge is 2.22. The van der Waals surface area contributed by atoms with Crippen molar-refractivity contribution in [2.45, 2.75) is 31.0 Å². The molecule has 78 valence electrons. The highest BCUT2D eigenvalue weighted by atomic mass is 79.9. The molecule has 1 rings (SSSR count). The Morgan fingerprint density at radius 1 is 1.54 bits per heavy atom. The van der Waals surface area contributed by atoms with Crippen LogP contribution in [0.2, 0.25) is 0 Å². The Bertz CT molecular complexity index is 132. The molecule has 2 unspecified atom stereocenters. The lowest BCUT2D eigenvalue weighted by Crippen LogP contribution is -2.27. The van der Waals surface area contributed by atoms with Gasteiger partial charge in [0.1, 0.15) is 0 Å². The lowest BCUT2D eigenvalue weighted by molar-refractivity contribution is 0.0572. The summed E-state index contributed by atoms with van der Waals surface area (Å²) in [4.78, 5) is 0.702. The summed E-state index contributed by atoms with van der Waals surface area (Å²) in [6, 6.07) is 0. The summed E-state index contributed by atoms with van der Waals surface area (Å²) in [7, 11) is 0. The van der Waals surface area contributed by atoms with E-state index in [1.807, 2.05) is 11.8 Å². The molecule has 1 saturated heterocycles. The van der Waals surface area contributed by atoms with Crippen molar-refractivity contribution in [3.05, 3.63) is 0 Å². The van der Waals surface area contributed by atoms with Crippen molar-refractivity contribution >= 4 is 27.7 Å². The first-order valence-corrected chi connectivity index (χ1v) is 7.21. The largest absolute Gasteiger partial charge is 0.381 e. The lowest BCUT2D eigenvalue weighted by atomic mass is 9.97. The molecule has 1 fully saturated rings. The molecule has 13 heavy (non-hydrogen) atoms. The molecule has 1 aliphatic rings. The number of thioether (sulfide) groups is 1. The van der Waals surface area contributed by atoms with Crippen LogP contribution in [0.15, 0.2) is 0 Å². The fourth-order valence-electron chi connectivity index (χ4n) is 1.63. The van der Waals surface area contributed by atoms with Crippen LogP contribution in [0, 0.1) is 5.92 Å². The zero-order chi connectivity index (χ0) is 9.52. The Kier molecular flexibility index (Phi) is 6.51. The molecule has 1 nitrogen and oxygen atoms in total. The molecule has 1 aliphatic heterocycles. The van der Waals surface area contributed by atoms with Crippen molar-refractivity contribution in [1.82, 2.24) is 0 Å². The van der Waals surface area contributed by atoms with Gasteiger partial charge in [0.15, 0.2) is 0 Å². The molecule has 0 saturated carbocycles. The van der Waals surface area contributed by atoms with E-state index >= 15 is 0 Å². The van der Waals surface area contributed by atoms with Crippen molar-refractivity contribution in [2.24, 2.45) is 5.92 Å². The van der Waals surface area contributed by atoms with E-state index in [2.05, 4.69) is 22.9 Å². The van der Waals surface area contributed by atoms with Gasteiger partial charge in [-0.05, 0) is 36.7 Å². The molecular weight excluding hydrogens is 248 g/mol. The van der Waals surface area contributed by atoms with E-state index in [-0.39, 0.29) is 0 Å². The van der Waals surface area contributed by atoms with Gasteiger partial charge in [0.2, 0.25) is 0 Å². The Hall–Kier alpha value is 0.790. The normalized spacial score (nSPS) is 29.1. The number of rotatable bonds is 5. The van der Waals surface area contributed by atoms with E-state index in [0.717, 1.165) is 19.1 Å². The first-order valence-electron chi connectivity index (χ1n) is 5.14. The standard InChI is InChI=1S/C10H19BrOS/c1-2-13-7-3-4-9-8-12-6-5-10(9)11/h9-10H,2-8H2,1H3. The van der Waals surface area contributed by atoms with E-state index in [1.54, 1.807) is 0 Å². The molecule has 0 N–H and O–H groups in total. The van der Waals surface area contributed by atoms with Gasteiger partial charge in [0, 0.05) is 11.4 Å². The molecule has 1 heterocycles. The van der Waals surface area contributed by atoms with Crippen molar-refractivity contribution in [1.29, 1.82) is 0 Å². The van der Waals surface area contributed by atoms with Crippen molar-refractivity contribution in [2.75, 3.05) is 24.7 Å². The maximum atomic E-state index is 5.47. The Morgan fingerprint density at radius 3 is 3.08 bits per heavy atom. The fourth-order valence-corrected chi connectivity index (χ4v) is 2.89. The van der Waals surface area contributed by atoms with Crippen LogP contribution < -0.4 is 0 Å². The van der Waals surface area contributed by atoms with Crippen LogP contribution in [0.25, 0.3) is 0 Å². The minimum Gasteiger partial charge on any atom is -0.381 e. The predicted octanol–water partition coefficient (Wildman–Crippen LogP) is 3.32. The van der Waals surface area contributed by atoms with Gasteiger partial charge in [-0.3, -0.25) is 0 Å². The summed E-state index contributed by atoms with van der Waals surface area (Å²) < 4.78 is 5.47. The van der Waals surface area contributed by atoms with E-state index < -0.39 is 0 Å². The van der Waals surface area contributed by atoms with Gasteiger partial charge < -0.3 is 4.74 Å². The molecule has 0 aliphatic carbocycles. The van der Waals surface area contributed by atoms with Gasteiger partial charge in [-0.1, -0.05) is 22.9 Å². The number of ether oxygens (including phenoxy) is 1. The van der Waals surface area contributed by atoms with Gasteiger partial charge in [-0.2, -0.15) is 11.8 Å². The average Bonchev–Trinajstić information content (AvgIpc) is 2.15. The minimum atomic E-state index is 0.702. The number of hydrogen-bond donors (Lipinski definition) is 0. The summed E-state index contributed by atoms with van der Waals surface area (Å²) in [5.74, 6) is 3.32. The first kappa shape index (κ1) is 11.9. The fraction of sp³-hybridized carbons (Fsp3) is 1.00. The maximum Gasteiger partial charge on any atom is 0.0504 e. The summed E-state index contributed by atoms with van der Waals surface area (Å²) in [5, 5.41) is 0. The molecule has 0 aromatic rings. The second-order valence-electron chi connectivity index (χ2n) is 3.48. The third-order valence-electron chi connectivity index (χ3n) is 2.45. The molecule has 0 amide bonds. The van der Waals surface area contributed by atoms with Crippen LogP contribution in [-0.4, -0.2) is 29.5 Å². The molecule has 3 heteroatoms. The van der Waals surface area contributed by atoms with Crippen LogP contribution in [0.1, 0.15) is 26.2 Å². The summed E-state index contributed by atoms with van der Waals surface area (Å²) >= 11 is 5.78. The van der Waals surface area contributed by atoms with Crippen LogP contribution in [0.3, 0.4) is 0 Å². The van der Waals surface area contributed by atoms with Crippen LogP contribution >= 0.6 is 27.7 Å². The number of halogens is 1. The molecule has 0 bridgehead atoms. The molecule has 2 atom stereocenters. The third kappa shape index (κ3) is 4.71. The summed E-state index contributed by atoms with van der Waals surface area (Å²) in [5.41, 5.74) is 0. The zero-order valence-corrected chi connectivity index (χ0v) is 10.7. The van der Waals surface area contributed by atoms with E-state index in [9.17, 15) is 0 Å². The van der Waals surface area contributed by atoms with Crippen LogP contribution in [0.5, 0.6) is 0 Å². The molecule has 0 aromatic heterocycles. The van der Waals surface area contributed by atoms with Crippen molar-refractivity contribution in [3.63, 3.8) is 0 Å². The smallest absolute Gasteiger partial charge is 0.0504 e. The Morgan fingerprint density at radius 2 is 2.38 bits per heavy atom. The first-order chi connectivity index (χ1) is 6.34. The topological polar surface area (TPSA) is 9.23 Å². The van der Waals surface area contributed by atoms with Gasteiger partial charge in [0.05, 0.1) is 6.61 Å². The van der Waals surface area contributed by atoms with E-state index in [1.165, 1.54) is 30.8 Å². The highest BCUT2D eigenvalue weighted by molar-refractivity contribution is 9.09. The summed E-state index contributed by atoms with van der Waals surface area (Å²) in [6.07, 6.45) is 3.85. The van der Waals surface area contributed by atoms with Gasteiger partial charge in [-0.15, -0.1) is 0 Å². The van der Waals surface area contributed by atoms with Crippen molar-refractivity contribution < 1.29 is 4.74 Å². The van der Waals surface area contributed by atoms with Crippen LogP contribution in [0.4, 0.5) is 0 Å². The highest BCUT2D eigenvalue weighted by Crippen LogP contribution is 2.26.